The molecule has 0 bridgehead atoms. The van der Waals surface area contributed by atoms with Crippen molar-refractivity contribution in [1.29, 1.82) is 0 Å². The molecule has 0 aliphatic rings. The predicted molar refractivity (Wildman–Crippen MR) is 111 cm³/mol. The summed E-state index contributed by atoms with van der Waals surface area (Å²) < 4.78 is 7.31. The van der Waals surface area contributed by atoms with Crippen LogP contribution in [-0.4, -0.2) is 20.6 Å². The average molecular weight is 435 g/mol. The molecule has 1 aromatic heterocycles. The first-order valence-corrected chi connectivity index (χ1v) is 9.81. The van der Waals surface area contributed by atoms with Gasteiger partial charge in [-0.25, -0.2) is 0 Å². The van der Waals surface area contributed by atoms with Crippen molar-refractivity contribution in [2.45, 2.75) is 19.1 Å². The zero-order chi connectivity index (χ0) is 19.2. The van der Waals surface area contributed by atoms with E-state index in [1.54, 1.807) is 0 Å². The SMILES string of the molecule is Brc1cc(-c2nn[nH]n2)ccc1CC(OCc1ccccc1)c1ccccc1. The van der Waals surface area contributed by atoms with E-state index in [1.807, 2.05) is 48.5 Å². The van der Waals surface area contributed by atoms with Crippen LogP contribution in [-0.2, 0) is 17.8 Å². The van der Waals surface area contributed by atoms with Gasteiger partial charge in [-0.1, -0.05) is 88.7 Å². The number of aromatic amines is 1. The van der Waals surface area contributed by atoms with E-state index >= 15 is 0 Å². The summed E-state index contributed by atoms with van der Waals surface area (Å²) >= 11 is 3.69. The Morgan fingerprint density at radius 3 is 2.36 bits per heavy atom. The fourth-order valence-corrected chi connectivity index (χ4v) is 3.59. The van der Waals surface area contributed by atoms with Crippen LogP contribution in [0.4, 0.5) is 0 Å². The molecule has 140 valence electrons. The lowest BCUT2D eigenvalue weighted by Crippen LogP contribution is -2.08. The Labute approximate surface area is 171 Å². The van der Waals surface area contributed by atoms with Gasteiger partial charge in [0.05, 0.1) is 12.7 Å². The van der Waals surface area contributed by atoms with Crippen LogP contribution in [0.15, 0.2) is 83.3 Å². The third kappa shape index (κ3) is 4.52. The fourth-order valence-electron chi connectivity index (χ4n) is 3.05. The summed E-state index contributed by atoms with van der Waals surface area (Å²) in [7, 11) is 0. The molecule has 4 aromatic rings. The van der Waals surface area contributed by atoms with E-state index < -0.39 is 0 Å². The average Bonchev–Trinajstić information content (AvgIpc) is 3.28. The highest BCUT2D eigenvalue weighted by Crippen LogP contribution is 2.30. The van der Waals surface area contributed by atoms with Gasteiger partial charge < -0.3 is 4.74 Å². The number of hydrogen-bond donors (Lipinski definition) is 1. The van der Waals surface area contributed by atoms with Crippen LogP contribution < -0.4 is 0 Å². The number of aromatic nitrogens is 4. The van der Waals surface area contributed by atoms with Crippen molar-refractivity contribution in [2.24, 2.45) is 0 Å². The van der Waals surface area contributed by atoms with Crippen molar-refractivity contribution in [3.8, 4) is 11.4 Å². The summed E-state index contributed by atoms with van der Waals surface area (Å²) in [5.74, 6) is 0.576. The maximum absolute atomic E-state index is 6.32. The Kier molecular flexibility index (Phi) is 5.89. The van der Waals surface area contributed by atoms with Gasteiger partial charge in [0.1, 0.15) is 0 Å². The number of nitrogens with one attached hydrogen (secondary N) is 1. The number of hydrogen-bond acceptors (Lipinski definition) is 4. The lowest BCUT2D eigenvalue weighted by molar-refractivity contribution is 0.0398. The minimum absolute atomic E-state index is 0.0475. The first kappa shape index (κ1) is 18.5. The molecular weight excluding hydrogens is 416 g/mol. The van der Waals surface area contributed by atoms with Crippen LogP contribution in [0.25, 0.3) is 11.4 Å². The third-order valence-electron chi connectivity index (χ3n) is 4.53. The second-order valence-electron chi connectivity index (χ2n) is 6.44. The summed E-state index contributed by atoms with van der Waals surface area (Å²) in [6.07, 6.45) is 0.706. The third-order valence-corrected chi connectivity index (χ3v) is 5.27. The largest absolute Gasteiger partial charge is 0.369 e. The van der Waals surface area contributed by atoms with Crippen molar-refractivity contribution < 1.29 is 4.74 Å². The maximum atomic E-state index is 6.32. The highest BCUT2D eigenvalue weighted by molar-refractivity contribution is 9.10. The summed E-state index contributed by atoms with van der Waals surface area (Å²) in [5, 5.41) is 14.2. The monoisotopic (exact) mass is 434 g/mol. The Bertz CT molecular complexity index is 1010. The van der Waals surface area contributed by atoms with Gasteiger partial charge >= 0.3 is 0 Å². The van der Waals surface area contributed by atoms with Gasteiger partial charge in [0.15, 0.2) is 0 Å². The molecule has 6 heteroatoms. The molecule has 1 unspecified atom stereocenters. The fraction of sp³-hybridized carbons (Fsp3) is 0.136. The molecule has 0 saturated carbocycles. The van der Waals surface area contributed by atoms with Crippen LogP contribution in [0, 0.1) is 0 Å². The lowest BCUT2D eigenvalue weighted by Gasteiger charge is -2.20. The smallest absolute Gasteiger partial charge is 0.204 e. The van der Waals surface area contributed by atoms with Gasteiger partial charge in [0.25, 0.3) is 0 Å². The van der Waals surface area contributed by atoms with Gasteiger partial charge in [0.2, 0.25) is 5.82 Å². The molecule has 4 rings (SSSR count). The van der Waals surface area contributed by atoms with E-state index in [9.17, 15) is 0 Å². The summed E-state index contributed by atoms with van der Waals surface area (Å²) in [6.45, 7) is 0.568. The van der Waals surface area contributed by atoms with Crippen LogP contribution in [0.2, 0.25) is 0 Å². The van der Waals surface area contributed by atoms with E-state index in [2.05, 4.69) is 66.9 Å². The van der Waals surface area contributed by atoms with Crippen LogP contribution in [0.3, 0.4) is 0 Å². The number of tetrazole rings is 1. The van der Waals surface area contributed by atoms with Crippen molar-refractivity contribution in [2.75, 3.05) is 0 Å². The first-order chi connectivity index (χ1) is 13.8. The van der Waals surface area contributed by atoms with E-state index in [4.69, 9.17) is 4.74 Å². The lowest BCUT2D eigenvalue weighted by atomic mass is 10.00. The number of rotatable bonds is 7. The van der Waals surface area contributed by atoms with Crippen molar-refractivity contribution >= 4 is 15.9 Å². The Balaban J connectivity index is 1.55. The van der Waals surface area contributed by atoms with Gasteiger partial charge in [-0.15, -0.1) is 10.2 Å². The summed E-state index contributed by atoms with van der Waals surface area (Å²) in [5.41, 5.74) is 4.39. The first-order valence-electron chi connectivity index (χ1n) is 9.02. The molecule has 0 aliphatic heterocycles. The van der Waals surface area contributed by atoms with Gasteiger partial charge in [-0.3, -0.25) is 0 Å². The topological polar surface area (TPSA) is 63.7 Å². The zero-order valence-electron chi connectivity index (χ0n) is 15.1. The molecule has 5 nitrogen and oxygen atoms in total. The molecule has 0 radical (unpaired) electrons. The molecule has 0 fully saturated rings. The molecule has 0 amide bonds. The molecule has 28 heavy (non-hydrogen) atoms. The zero-order valence-corrected chi connectivity index (χ0v) is 16.7. The van der Waals surface area contributed by atoms with Gasteiger partial charge in [-0.2, -0.15) is 5.21 Å². The highest BCUT2D eigenvalue weighted by Gasteiger charge is 2.16. The quantitative estimate of drug-likeness (QED) is 0.437. The number of nitrogens with zero attached hydrogens (tertiary/aromatic N) is 3. The van der Waals surface area contributed by atoms with Gasteiger partial charge in [0, 0.05) is 16.5 Å². The van der Waals surface area contributed by atoms with Gasteiger partial charge in [-0.05, 0) is 28.0 Å². The molecule has 0 spiro atoms. The van der Waals surface area contributed by atoms with Crippen molar-refractivity contribution in [3.63, 3.8) is 0 Å². The normalized spacial score (nSPS) is 12.0. The molecule has 0 saturated heterocycles. The highest BCUT2D eigenvalue weighted by atomic mass is 79.9. The Morgan fingerprint density at radius 2 is 1.68 bits per heavy atom. The molecule has 0 aliphatic carbocycles. The van der Waals surface area contributed by atoms with Crippen molar-refractivity contribution in [3.05, 3.63) is 100 Å². The Hall–Kier alpha value is -2.83. The predicted octanol–water partition coefficient (Wildman–Crippen LogP) is 5.13. The van der Waals surface area contributed by atoms with Crippen LogP contribution in [0.1, 0.15) is 22.8 Å². The van der Waals surface area contributed by atoms with E-state index in [0.29, 0.717) is 12.4 Å². The molecule has 1 atom stereocenters. The minimum Gasteiger partial charge on any atom is -0.369 e. The molecule has 1 heterocycles. The van der Waals surface area contributed by atoms with E-state index in [0.717, 1.165) is 33.1 Å². The van der Waals surface area contributed by atoms with Crippen LogP contribution in [0.5, 0.6) is 0 Å². The number of H-pyrrole nitrogens is 1. The number of ether oxygens (including phenoxy) is 1. The summed E-state index contributed by atoms with van der Waals surface area (Å²) in [4.78, 5) is 0. The number of halogens is 1. The standard InChI is InChI=1S/C22H19BrN4O/c23-20-13-19(22-24-26-27-25-22)12-11-18(20)14-21(17-9-5-2-6-10-17)28-15-16-7-3-1-4-8-16/h1-13,21H,14-15H2,(H,24,25,26,27). The molecule has 3 aromatic carbocycles. The van der Waals surface area contributed by atoms with E-state index in [1.165, 1.54) is 0 Å². The molecular formula is C22H19BrN4O. The molecule has 1 N–H and O–H groups in total. The number of benzene rings is 3. The second kappa shape index (κ2) is 8.91. The second-order valence-corrected chi connectivity index (χ2v) is 7.30. The van der Waals surface area contributed by atoms with Crippen LogP contribution >= 0.6 is 15.9 Å². The minimum atomic E-state index is -0.0475. The summed E-state index contributed by atoms with van der Waals surface area (Å²) in [6, 6.07) is 26.7. The van der Waals surface area contributed by atoms with Crippen molar-refractivity contribution in [1.82, 2.24) is 20.6 Å². The van der Waals surface area contributed by atoms with E-state index in [-0.39, 0.29) is 6.10 Å². The maximum Gasteiger partial charge on any atom is 0.204 e. The Morgan fingerprint density at radius 1 is 0.929 bits per heavy atom.